The lowest BCUT2D eigenvalue weighted by Gasteiger charge is -2.42. The summed E-state index contributed by atoms with van der Waals surface area (Å²) in [6.07, 6.45) is 14.5. The molecule has 0 aromatic rings. The minimum absolute atomic E-state index is 0.0547. The van der Waals surface area contributed by atoms with Crippen molar-refractivity contribution in [3.05, 3.63) is 0 Å². The van der Waals surface area contributed by atoms with Gasteiger partial charge in [0.05, 0.1) is 5.92 Å². The molecule has 2 aliphatic carbocycles. The highest BCUT2D eigenvalue weighted by atomic mass is 16.4. The molecule has 2 nitrogen and oxygen atoms in total. The van der Waals surface area contributed by atoms with Crippen LogP contribution in [0.5, 0.6) is 0 Å². The first kappa shape index (κ1) is 12.9. The second-order valence-electron chi connectivity index (χ2n) is 6.12. The van der Waals surface area contributed by atoms with E-state index in [4.69, 9.17) is 0 Å². The van der Waals surface area contributed by atoms with Crippen LogP contribution in [0.4, 0.5) is 0 Å². The molecule has 0 radical (unpaired) electrons. The van der Waals surface area contributed by atoms with Gasteiger partial charge < -0.3 is 5.11 Å². The van der Waals surface area contributed by atoms with Gasteiger partial charge in [-0.3, -0.25) is 4.79 Å². The first-order chi connectivity index (χ1) is 8.25. The molecule has 98 valence electrons. The molecule has 0 amide bonds. The highest BCUT2D eigenvalue weighted by molar-refractivity contribution is 5.71. The van der Waals surface area contributed by atoms with Crippen LogP contribution in [-0.2, 0) is 4.79 Å². The third-order valence-electron chi connectivity index (χ3n) is 5.05. The molecule has 0 saturated heterocycles. The van der Waals surface area contributed by atoms with Crippen LogP contribution in [0.1, 0.15) is 77.0 Å². The lowest BCUT2D eigenvalue weighted by atomic mass is 9.62. The van der Waals surface area contributed by atoms with Crippen molar-refractivity contribution in [1.29, 1.82) is 0 Å². The van der Waals surface area contributed by atoms with Crippen LogP contribution in [0.3, 0.4) is 0 Å². The SMILES string of the molecule is O=C(O)C1CCCCCCCC12CCCCC2. The van der Waals surface area contributed by atoms with Gasteiger partial charge in [-0.1, -0.05) is 51.4 Å². The average molecular weight is 238 g/mol. The number of rotatable bonds is 1. The van der Waals surface area contributed by atoms with E-state index in [1.807, 2.05) is 0 Å². The van der Waals surface area contributed by atoms with Crippen LogP contribution in [0, 0.1) is 11.3 Å². The fourth-order valence-electron chi connectivity index (χ4n) is 4.08. The van der Waals surface area contributed by atoms with Crippen molar-refractivity contribution in [1.82, 2.24) is 0 Å². The van der Waals surface area contributed by atoms with Crippen molar-refractivity contribution in [2.45, 2.75) is 77.0 Å². The van der Waals surface area contributed by atoms with Gasteiger partial charge in [0, 0.05) is 0 Å². The molecule has 2 rings (SSSR count). The normalized spacial score (nSPS) is 30.2. The smallest absolute Gasteiger partial charge is 0.307 e. The number of aliphatic carboxylic acids is 1. The van der Waals surface area contributed by atoms with E-state index in [0.29, 0.717) is 0 Å². The summed E-state index contributed by atoms with van der Waals surface area (Å²) in [7, 11) is 0. The van der Waals surface area contributed by atoms with Crippen LogP contribution < -0.4 is 0 Å². The summed E-state index contributed by atoms with van der Waals surface area (Å²) < 4.78 is 0. The molecular weight excluding hydrogens is 212 g/mol. The minimum atomic E-state index is -0.520. The summed E-state index contributed by atoms with van der Waals surface area (Å²) in [5.74, 6) is -0.574. The van der Waals surface area contributed by atoms with Gasteiger partial charge >= 0.3 is 5.97 Å². The fourth-order valence-corrected chi connectivity index (χ4v) is 4.08. The molecule has 0 aliphatic heterocycles. The molecule has 0 heterocycles. The van der Waals surface area contributed by atoms with Gasteiger partial charge in [0.2, 0.25) is 0 Å². The van der Waals surface area contributed by atoms with Gasteiger partial charge in [0.1, 0.15) is 0 Å². The van der Waals surface area contributed by atoms with E-state index < -0.39 is 5.97 Å². The van der Waals surface area contributed by atoms with Crippen molar-refractivity contribution in [2.24, 2.45) is 11.3 Å². The van der Waals surface area contributed by atoms with E-state index in [1.54, 1.807) is 0 Å². The van der Waals surface area contributed by atoms with Crippen LogP contribution in [0.2, 0.25) is 0 Å². The van der Waals surface area contributed by atoms with Crippen molar-refractivity contribution in [2.75, 3.05) is 0 Å². The maximum Gasteiger partial charge on any atom is 0.307 e. The summed E-state index contributed by atoms with van der Waals surface area (Å²) in [4.78, 5) is 11.6. The van der Waals surface area contributed by atoms with Gasteiger partial charge in [-0.15, -0.1) is 0 Å². The van der Waals surface area contributed by atoms with E-state index in [-0.39, 0.29) is 11.3 Å². The molecular formula is C15H26O2. The Balaban J connectivity index is 2.15. The summed E-state index contributed by atoms with van der Waals surface area (Å²) >= 11 is 0. The predicted octanol–water partition coefficient (Wildman–Crippen LogP) is 4.38. The Labute approximate surface area is 105 Å². The summed E-state index contributed by atoms with van der Waals surface area (Å²) in [6, 6.07) is 0. The fraction of sp³-hybridized carbons (Fsp3) is 0.933. The predicted molar refractivity (Wildman–Crippen MR) is 69.0 cm³/mol. The van der Waals surface area contributed by atoms with Gasteiger partial charge in [-0.2, -0.15) is 0 Å². The van der Waals surface area contributed by atoms with Crippen LogP contribution in [0.15, 0.2) is 0 Å². The summed E-state index contributed by atoms with van der Waals surface area (Å²) in [6.45, 7) is 0. The molecule has 0 aromatic heterocycles. The molecule has 2 saturated carbocycles. The number of carboxylic acid groups (broad SMARTS) is 1. The maximum absolute atomic E-state index is 11.6. The highest BCUT2D eigenvalue weighted by Gasteiger charge is 2.42. The molecule has 2 aliphatic rings. The number of carbonyl (C=O) groups is 1. The number of carboxylic acids is 1. The molecule has 2 fully saturated rings. The topological polar surface area (TPSA) is 37.3 Å². The Kier molecular flexibility index (Phi) is 4.47. The molecule has 17 heavy (non-hydrogen) atoms. The van der Waals surface area contributed by atoms with E-state index in [0.717, 1.165) is 12.8 Å². The molecule has 1 unspecified atom stereocenters. The number of hydrogen-bond donors (Lipinski definition) is 1. The third-order valence-corrected chi connectivity index (χ3v) is 5.05. The Bertz CT molecular complexity index is 254. The number of hydrogen-bond acceptors (Lipinski definition) is 1. The highest BCUT2D eigenvalue weighted by Crippen LogP contribution is 2.49. The van der Waals surface area contributed by atoms with E-state index in [9.17, 15) is 9.90 Å². The van der Waals surface area contributed by atoms with Crippen molar-refractivity contribution in [3.8, 4) is 0 Å². The van der Waals surface area contributed by atoms with Gasteiger partial charge in [0.15, 0.2) is 0 Å². The first-order valence-corrected chi connectivity index (χ1v) is 7.47. The zero-order chi connectivity index (χ0) is 12.1. The monoisotopic (exact) mass is 238 g/mol. The second-order valence-corrected chi connectivity index (χ2v) is 6.12. The minimum Gasteiger partial charge on any atom is -0.481 e. The Morgan fingerprint density at radius 1 is 0.824 bits per heavy atom. The van der Waals surface area contributed by atoms with Crippen molar-refractivity contribution in [3.63, 3.8) is 0 Å². The molecule has 0 aromatic carbocycles. The van der Waals surface area contributed by atoms with E-state index >= 15 is 0 Å². The van der Waals surface area contributed by atoms with Crippen LogP contribution >= 0.6 is 0 Å². The van der Waals surface area contributed by atoms with Gasteiger partial charge in [-0.25, -0.2) is 0 Å². The van der Waals surface area contributed by atoms with Crippen LogP contribution in [-0.4, -0.2) is 11.1 Å². The first-order valence-electron chi connectivity index (χ1n) is 7.47. The lowest BCUT2D eigenvalue weighted by molar-refractivity contribution is -0.148. The molecule has 1 spiro atoms. The lowest BCUT2D eigenvalue weighted by Crippen LogP contribution is -2.37. The van der Waals surface area contributed by atoms with Crippen molar-refractivity contribution >= 4 is 5.97 Å². The second kappa shape index (κ2) is 5.88. The largest absolute Gasteiger partial charge is 0.481 e. The summed E-state index contributed by atoms with van der Waals surface area (Å²) in [5.41, 5.74) is 0.161. The van der Waals surface area contributed by atoms with E-state index in [1.165, 1.54) is 64.2 Å². The molecule has 1 N–H and O–H groups in total. The van der Waals surface area contributed by atoms with Crippen molar-refractivity contribution < 1.29 is 9.90 Å². The van der Waals surface area contributed by atoms with Gasteiger partial charge in [0.25, 0.3) is 0 Å². The summed E-state index contributed by atoms with van der Waals surface area (Å²) in [5, 5.41) is 9.56. The molecule has 2 heteroatoms. The van der Waals surface area contributed by atoms with E-state index in [2.05, 4.69) is 0 Å². The Hall–Kier alpha value is -0.530. The molecule has 0 bridgehead atoms. The standard InChI is InChI=1S/C15H26O2/c16-14(17)13-9-5-2-1-3-6-10-15(13)11-7-4-8-12-15/h13H,1-12H2,(H,16,17). The zero-order valence-electron chi connectivity index (χ0n) is 10.9. The van der Waals surface area contributed by atoms with Crippen LogP contribution in [0.25, 0.3) is 0 Å². The average Bonchev–Trinajstić information content (AvgIpc) is 2.41. The Morgan fingerprint density at radius 3 is 1.88 bits per heavy atom. The van der Waals surface area contributed by atoms with Gasteiger partial charge in [-0.05, 0) is 31.1 Å². The third kappa shape index (κ3) is 3.02. The maximum atomic E-state index is 11.6. The Morgan fingerprint density at radius 2 is 1.29 bits per heavy atom. The zero-order valence-corrected chi connectivity index (χ0v) is 10.9. The quantitative estimate of drug-likeness (QED) is 0.736. The molecule has 1 atom stereocenters.